The van der Waals surface area contributed by atoms with Crippen LogP contribution in [0.2, 0.25) is 0 Å². The van der Waals surface area contributed by atoms with Crippen LogP contribution in [0.25, 0.3) is 0 Å². The van der Waals surface area contributed by atoms with Gasteiger partial charge >= 0.3 is 0 Å². The van der Waals surface area contributed by atoms with E-state index in [9.17, 15) is 9.18 Å². The first-order chi connectivity index (χ1) is 9.16. The molecule has 0 aromatic heterocycles. The topological polar surface area (TPSA) is 38.3 Å². The second kappa shape index (κ2) is 6.11. The van der Waals surface area contributed by atoms with Gasteiger partial charge in [0.2, 0.25) is 0 Å². The molecule has 19 heavy (non-hydrogen) atoms. The Kier molecular flexibility index (Phi) is 4.26. The molecule has 0 bridgehead atoms. The van der Waals surface area contributed by atoms with E-state index < -0.39 is 11.7 Å². The molecule has 0 atom stereocenters. The lowest BCUT2D eigenvalue weighted by atomic mass is 10.1. The molecular weight excluding hydrogens is 245 g/mol. The Morgan fingerprint density at radius 1 is 1.21 bits per heavy atom. The van der Waals surface area contributed by atoms with Crippen LogP contribution in [-0.2, 0) is 11.4 Å². The quantitative estimate of drug-likeness (QED) is 0.857. The van der Waals surface area contributed by atoms with Crippen LogP contribution >= 0.6 is 0 Å². The van der Waals surface area contributed by atoms with E-state index in [4.69, 9.17) is 4.84 Å². The molecule has 3 nitrogen and oxygen atoms in total. The van der Waals surface area contributed by atoms with Gasteiger partial charge in [-0.1, -0.05) is 36.4 Å². The summed E-state index contributed by atoms with van der Waals surface area (Å²) >= 11 is 0. The summed E-state index contributed by atoms with van der Waals surface area (Å²) in [6, 6.07) is 13.5. The average Bonchev–Trinajstić information content (AvgIpc) is 2.42. The number of hydrogen-bond donors (Lipinski definition) is 1. The average molecular weight is 259 g/mol. The van der Waals surface area contributed by atoms with Crippen molar-refractivity contribution < 1.29 is 14.0 Å². The minimum atomic E-state index is -0.451. The molecule has 0 fully saturated rings. The Morgan fingerprint density at radius 2 is 1.95 bits per heavy atom. The minimum absolute atomic E-state index is 0.265. The molecule has 1 amide bonds. The van der Waals surface area contributed by atoms with Crippen molar-refractivity contribution in [1.82, 2.24) is 5.48 Å². The molecule has 0 saturated heterocycles. The number of carbonyl (C=O) groups excluding carboxylic acids is 1. The number of halogens is 1. The zero-order valence-corrected chi connectivity index (χ0v) is 10.5. The maximum atomic E-state index is 13.1. The number of hydroxylamine groups is 1. The van der Waals surface area contributed by atoms with Crippen LogP contribution in [0.5, 0.6) is 0 Å². The lowest BCUT2D eigenvalue weighted by molar-refractivity contribution is 0.0232. The van der Waals surface area contributed by atoms with E-state index in [0.29, 0.717) is 5.56 Å². The second-order valence-electron chi connectivity index (χ2n) is 4.16. The Hall–Kier alpha value is -2.20. The van der Waals surface area contributed by atoms with E-state index in [0.717, 1.165) is 5.56 Å². The van der Waals surface area contributed by atoms with Gasteiger partial charge in [-0.25, -0.2) is 9.87 Å². The van der Waals surface area contributed by atoms with Crippen molar-refractivity contribution >= 4 is 5.91 Å². The molecule has 0 aliphatic rings. The fraction of sp³-hybridized carbons (Fsp3) is 0.133. The molecule has 2 rings (SSSR count). The Bertz CT molecular complexity index is 570. The Morgan fingerprint density at radius 3 is 2.68 bits per heavy atom. The van der Waals surface area contributed by atoms with Crippen molar-refractivity contribution in [2.45, 2.75) is 13.5 Å². The lowest BCUT2D eigenvalue weighted by Crippen LogP contribution is -2.24. The molecule has 0 aliphatic heterocycles. The summed E-state index contributed by atoms with van der Waals surface area (Å²) < 4.78 is 13.1. The van der Waals surface area contributed by atoms with Crippen LogP contribution in [-0.4, -0.2) is 5.91 Å². The third-order valence-corrected chi connectivity index (χ3v) is 2.69. The maximum absolute atomic E-state index is 13.1. The van der Waals surface area contributed by atoms with Crippen molar-refractivity contribution in [3.05, 3.63) is 71.0 Å². The molecule has 0 unspecified atom stereocenters. The largest absolute Gasteiger partial charge is 0.275 e. The smallest absolute Gasteiger partial charge is 0.269 e. The molecule has 0 heterocycles. The Balaban J connectivity index is 1.93. The van der Waals surface area contributed by atoms with Gasteiger partial charge in [-0.2, -0.15) is 0 Å². The molecule has 4 heteroatoms. The summed E-state index contributed by atoms with van der Waals surface area (Å²) in [6.07, 6.45) is 0. The normalized spacial score (nSPS) is 10.2. The van der Waals surface area contributed by atoms with Gasteiger partial charge in [0.1, 0.15) is 5.82 Å². The summed E-state index contributed by atoms with van der Waals surface area (Å²) in [4.78, 5) is 16.9. The minimum Gasteiger partial charge on any atom is -0.269 e. The summed E-state index contributed by atoms with van der Waals surface area (Å²) in [5.41, 5.74) is 4.22. The highest BCUT2D eigenvalue weighted by molar-refractivity contribution is 5.94. The molecule has 2 aromatic rings. The molecule has 0 spiro atoms. The summed E-state index contributed by atoms with van der Waals surface area (Å²) in [7, 11) is 0. The summed E-state index contributed by atoms with van der Waals surface area (Å²) in [5, 5.41) is 0. The zero-order valence-electron chi connectivity index (χ0n) is 10.5. The molecule has 1 N–H and O–H groups in total. The summed E-state index contributed by atoms with van der Waals surface area (Å²) in [5.74, 6) is -0.897. The fourth-order valence-corrected chi connectivity index (χ4v) is 1.65. The van der Waals surface area contributed by atoms with Crippen LogP contribution in [0.1, 0.15) is 21.5 Å². The van der Waals surface area contributed by atoms with Gasteiger partial charge in [0, 0.05) is 5.56 Å². The van der Waals surface area contributed by atoms with Crippen LogP contribution in [0.3, 0.4) is 0 Å². The molecule has 98 valence electrons. The highest BCUT2D eigenvalue weighted by Gasteiger charge is 2.09. The van der Waals surface area contributed by atoms with Crippen molar-refractivity contribution in [3.8, 4) is 0 Å². The number of rotatable bonds is 4. The van der Waals surface area contributed by atoms with Crippen molar-refractivity contribution in [1.29, 1.82) is 0 Å². The molecule has 0 saturated carbocycles. The van der Waals surface area contributed by atoms with Gasteiger partial charge in [-0.15, -0.1) is 0 Å². The number of aryl methyl sites for hydroxylation is 1. The van der Waals surface area contributed by atoms with E-state index in [1.54, 1.807) is 13.0 Å². The van der Waals surface area contributed by atoms with Gasteiger partial charge in [0.15, 0.2) is 0 Å². The highest BCUT2D eigenvalue weighted by atomic mass is 19.1. The first kappa shape index (κ1) is 13.2. The molecule has 0 aliphatic carbocycles. The Labute approximate surface area is 111 Å². The molecule has 2 aromatic carbocycles. The number of benzene rings is 2. The molecule has 0 radical (unpaired) electrons. The van der Waals surface area contributed by atoms with Gasteiger partial charge in [-0.05, 0) is 30.2 Å². The first-order valence-electron chi connectivity index (χ1n) is 5.89. The monoisotopic (exact) mass is 259 g/mol. The van der Waals surface area contributed by atoms with Crippen LogP contribution < -0.4 is 5.48 Å². The van der Waals surface area contributed by atoms with Crippen LogP contribution in [0.15, 0.2) is 48.5 Å². The van der Waals surface area contributed by atoms with E-state index in [1.807, 2.05) is 30.3 Å². The van der Waals surface area contributed by atoms with Gasteiger partial charge in [0.25, 0.3) is 5.91 Å². The maximum Gasteiger partial charge on any atom is 0.275 e. The van der Waals surface area contributed by atoms with Crippen molar-refractivity contribution in [3.63, 3.8) is 0 Å². The van der Waals surface area contributed by atoms with Gasteiger partial charge in [0.05, 0.1) is 6.61 Å². The van der Waals surface area contributed by atoms with E-state index in [2.05, 4.69) is 5.48 Å². The number of hydrogen-bond acceptors (Lipinski definition) is 2. The SMILES string of the molecule is Cc1ccc(F)cc1C(=O)NOCc1ccccc1. The standard InChI is InChI=1S/C15H14FNO2/c1-11-7-8-13(16)9-14(11)15(18)17-19-10-12-5-3-2-4-6-12/h2-9H,10H2,1H3,(H,17,18). The second-order valence-corrected chi connectivity index (χ2v) is 4.16. The third kappa shape index (κ3) is 3.63. The van der Waals surface area contributed by atoms with Gasteiger partial charge in [-0.3, -0.25) is 9.63 Å². The number of nitrogens with one attached hydrogen (secondary N) is 1. The van der Waals surface area contributed by atoms with Gasteiger partial charge < -0.3 is 0 Å². The van der Waals surface area contributed by atoms with E-state index in [1.165, 1.54) is 12.1 Å². The predicted octanol–water partition coefficient (Wildman–Crippen LogP) is 3.00. The van der Waals surface area contributed by atoms with Crippen molar-refractivity contribution in [2.75, 3.05) is 0 Å². The van der Waals surface area contributed by atoms with E-state index >= 15 is 0 Å². The predicted molar refractivity (Wildman–Crippen MR) is 69.8 cm³/mol. The summed E-state index contributed by atoms with van der Waals surface area (Å²) in [6.45, 7) is 2.01. The highest BCUT2D eigenvalue weighted by Crippen LogP contribution is 2.10. The van der Waals surface area contributed by atoms with Crippen LogP contribution in [0, 0.1) is 12.7 Å². The number of carbonyl (C=O) groups is 1. The van der Waals surface area contributed by atoms with Crippen LogP contribution in [0.4, 0.5) is 4.39 Å². The molecular formula is C15H14FNO2. The zero-order chi connectivity index (χ0) is 13.7. The first-order valence-corrected chi connectivity index (χ1v) is 5.89. The van der Waals surface area contributed by atoms with Crippen molar-refractivity contribution in [2.24, 2.45) is 0 Å². The fourth-order valence-electron chi connectivity index (χ4n) is 1.65. The van der Waals surface area contributed by atoms with E-state index in [-0.39, 0.29) is 12.2 Å². The third-order valence-electron chi connectivity index (χ3n) is 2.69. The number of amides is 1. The lowest BCUT2D eigenvalue weighted by Gasteiger charge is -2.08.